The van der Waals surface area contributed by atoms with Gasteiger partial charge in [-0.25, -0.2) is 8.42 Å². The fraction of sp³-hybridized carbons (Fsp3) is 0.111. The molecule has 0 aliphatic rings. The third kappa shape index (κ3) is 2.32. The van der Waals surface area contributed by atoms with Gasteiger partial charge in [-0.05, 0) is 18.2 Å². The number of nitrogens with two attached hydrogens (primary N) is 1. The summed E-state index contributed by atoms with van der Waals surface area (Å²) in [7, 11) is -3.23. The van der Waals surface area contributed by atoms with Crippen molar-refractivity contribution in [3.63, 3.8) is 0 Å². The number of hydrogen-bond donors (Lipinski definition) is 1. The molecular weight excluding hydrogens is 186 g/mol. The van der Waals surface area contributed by atoms with E-state index in [1.54, 1.807) is 12.1 Å². The van der Waals surface area contributed by atoms with Crippen molar-refractivity contribution in [2.45, 2.75) is 4.90 Å². The standard InChI is InChI=1S/C9H11NO2S/c1-2-6-13(11,12)9-5-3-4-8(10)7-9/h2-5,7H,1,6,10H2. The van der Waals surface area contributed by atoms with Crippen molar-refractivity contribution in [3.8, 4) is 0 Å². The molecule has 0 atom stereocenters. The average Bonchev–Trinajstić information content (AvgIpc) is 2.04. The van der Waals surface area contributed by atoms with Crippen LogP contribution in [0.15, 0.2) is 41.8 Å². The second-order valence-corrected chi connectivity index (χ2v) is 4.68. The monoisotopic (exact) mass is 197 g/mol. The van der Waals surface area contributed by atoms with Gasteiger partial charge in [-0.3, -0.25) is 0 Å². The molecule has 1 aromatic carbocycles. The van der Waals surface area contributed by atoms with Crippen molar-refractivity contribution >= 4 is 15.5 Å². The van der Waals surface area contributed by atoms with Crippen LogP contribution in [-0.2, 0) is 9.84 Å². The maximum atomic E-state index is 11.5. The molecule has 0 bridgehead atoms. The first-order valence-electron chi connectivity index (χ1n) is 3.75. The van der Waals surface area contributed by atoms with E-state index in [0.29, 0.717) is 5.69 Å². The van der Waals surface area contributed by atoms with E-state index in [9.17, 15) is 8.42 Å². The van der Waals surface area contributed by atoms with Crippen LogP contribution in [0.1, 0.15) is 0 Å². The van der Waals surface area contributed by atoms with Crippen LogP contribution in [0.25, 0.3) is 0 Å². The lowest BCUT2D eigenvalue weighted by molar-refractivity contribution is 0.599. The first-order valence-corrected chi connectivity index (χ1v) is 5.40. The second kappa shape index (κ2) is 3.62. The van der Waals surface area contributed by atoms with Gasteiger partial charge in [-0.15, -0.1) is 6.58 Å². The van der Waals surface area contributed by atoms with E-state index in [0.717, 1.165) is 0 Å². The van der Waals surface area contributed by atoms with E-state index in [1.807, 2.05) is 0 Å². The van der Waals surface area contributed by atoms with Gasteiger partial charge in [-0.2, -0.15) is 0 Å². The summed E-state index contributed by atoms with van der Waals surface area (Å²) >= 11 is 0. The summed E-state index contributed by atoms with van der Waals surface area (Å²) in [5.41, 5.74) is 5.91. The Labute approximate surface area is 77.8 Å². The Morgan fingerprint density at radius 3 is 2.69 bits per heavy atom. The Morgan fingerprint density at radius 2 is 2.15 bits per heavy atom. The average molecular weight is 197 g/mol. The number of rotatable bonds is 3. The van der Waals surface area contributed by atoms with Gasteiger partial charge >= 0.3 is 0 Å². The highest BCUT2D eigenvalue weighted by molar-refractivity contribution is 7.91. The second-order valence-electron chi connectivity index (χ2n) is 2.64. The molecule has 2 N–H and O–H groups in total. The Kier molecular flexibility index (Phi) is 2.72. The smallest absolute Gasteiger partial charge is 0.181 e. The minimum atomic E-state index is -3.23. The molecule has 1 aromatic rings. The highest BCUT2D eigenvalue weighted by atomic mass is 32.2. The van der Waals surface area contributed by atoms with Gasteiger partial charge in [0.25, 0.3) is 0 Å². The molecular formula is C9H11NO2S. The zero-order chi connectivity index (χ0) is 9.90. The van der Waals surface area contributed by atoms with Crippen molar-refractivity contribution in [2.75, 3.05) is 11.5 Å². The summed E-state index contributed by atoms with van der Waals surface area (Å²) in [5, 5.41) is 0. The van der Waals surface area contributed by atoms with Crippen LogP contribution < -0.4 is 5.73 Å². The number of benzene rings is 1. The molecule has 0 aromatic heterocycles. The number of nitrogen functional groups attached to an aromatic ring is 1. The van der Waals surface area contributed by atoms with Gasteiger partial charge in [0, 0.05) is 5.69 Å². The van der Waals surface area contributed by atoms with Crippen LogP contribution in [-0.4, -0.2) is 14.2 Å². The van der Waals surface area contributed by atoms with Crippen LogP contribution in [0.2, 0.25) is 0 Å². The van der Waals surface area contributed by atoms with Gasteiger partial charge in [0.15, 0.2) is 9.84 Å². The lowest BCUT2D eigenvalue weighted by Gasteiger charge is -2.01. The molecule has 0 aliphatic carbocycles. The lowest BCUT2D eigenvalue weighted by Crippen LogP contribution is -2.04. The SMILES string of the molecule is C=CCS(=O)(=O)c1cccc(N)c1. The van der Waals surface area contributed by atoms with Crippen LogP contribution >= 0.6 is 0 Å². The maximum Gasteiger partial charge on any atom is 0.181 e. The normalized spacial score (nSPS) is 11.1. The minimum absolute atomic E-state index is 0.0591. The third-order valence-electron chi connectivity index (χ3n) is 1.55. The number of anilines is 1. The summed E-state index contributed by atoms with van der Waals surface area (Å²) in [4.78, 5) is 0.243. The highest BCUT2D eigenvalue weighted by Crippen LogP contribution is 2.14. The topological polar surface area (TPSA) is 60.2 Å². The Bertz CT molecular complexity index is 409. The van der Waals surface area contributed by atoms with E-state index >= 15 is 0 Å². The Morgan fingerprint density at radius 1 is 1.46 bits per heavy atom. The zero-order valence-corrected chi connectivity index (χ0v) is 7.92. The van der Waals surface area contributed by atoms with Gasteiger partial charge in [-0.1, -0.05) is 12.1 Å². The van der Waals surface area contributed by atoms with Crippen molar-refractivity contribution in [1.82, 2.24) is 0 Å². The van der Waals surface area contributed by atoms with E-state index < -0.39 is 9.84 Å². The molecule has 0 amide bonds. The van der Waals surface area contributed by atoms with Crippen LogP contribution in [0.5, 0.6) is 0 Å². The molecule has 0 unspecified atom stereocenters. The van der Waals surface area contributed by atoms with E-state index in [-0.39, 0.29) is 10.6 Å². The summed E-state index contributed by atoms with van der Waals surface area (Å²) in [6.07, 6.45) is 1.36. The highest BCUT2D eigenvalue weighted by Gasteiger charge is 2.11. The lowest BCUT2D eigenvalue weighted by atomic mass is 10.3. The fourth-order valence-corrected chi connectivity index (χ4v) is 2.06. The molecule has 0 aliphatic heterocycles. The Balaban J connectivity index is 3.15. The molecule has 13 heavy (non-hydrogen) atoms. The largest absolute Gasteiger partial charge is 0.399 e. The predicted molar refractivity (Wildman–Crippen MR) is 53.1 cm³/mol. The molecule has 70 valence electrons. The first-order chi connectivity index (χ1) is 6.06. The van der Waals surface area contributed by atoms with Crippen LogP contribution in [0.3, 0.4) is 0 Å². The quantitative estimate of drug-likeness (QED) is 0.585. The number of hydrogen-bond acceptors (Lipinski definition) is 3. The van der Waals surface area contributed by atoms with E-state index in [4.69, 9.17) is 5.73 Å². The van der Waals surface area contributed by atoms with Gasteiger partial charge in [0.1, 0.15) is 0 Å². The zero-order valence-electron chi connectivity index (χ0n) is 7.10. The third-order valence-corrected chi connectivity index (χ3v) is 3.20. The first kappa shape index (κ1) is 9.80. The molecule has 0 heterocycles. The van der Waals surface area contributed by atoms with E-state index in [2.05, 4.69) is 6.58 Å². The molecule has 0 fully saturated rings. The molecule has 0 spiro atoms. The molecule has 0 radical (unpaired) electrons. The predicted octanol–water partition coefficient (Wildman–Crippen LogP) is 1.23. The van der Waals surface area contributed by atoms with Gasteiger partial charge < -0.3 is 5.73 Å². The Hall–Kier alpha value is -1.29. The molecule has 3 nitrogen and oxygen atoms in total. The van der Waals surface area contributed by atoms with Gasteiger partial charge in [0.05, 0.1) is 10.6 Å². The van der Waals surface area contributed by atoms with Crippen molar-refractivity contribution in [3.05, 3.63) is 36.9 Å². The summed E-state index contributed by atoms with van der Waals surface area (Å²) in [6, 6.07) is 6.23. The minimum Gasteiger partial charge on any atom is -0.399 e. The molecule has 4 heteroatoms. The van der Waals surface area contributed by atoms with Crippen LogP contribution in [0.4, 0.5) is 5.69 Å². The van der Waals surface area contributed by atoms with Crippen molar-refractivity contribution in [2.24, 2.45) is 0 Å². The van der Waals surface area contributed by atoms with Gasteiger partial charge in [0.2, 0.25) is 0 Å². The summed E-state index contributed by atoms with van der Waals surface area (Å²) in [6.45, 7) is 3.38. The fourth-order valence-electron chi connectivity index (χ4n) is 0.959. The molecule has 1 rings (SSSR count). The molecule has 0 saturated carbocycles. The van der Waals surface area contributed by atoms with Crippen molar-refractivity contribution < 1.29 is 8.42 Å². The van der Waals surface area contributed by atoms with E-state index in [1.165, 1.54) is 18.2 Å². The maximum absolute atomic E-state index is 11.5. The summed E-state index contributed by atoms with van der Waals surface area (Å²) in [5.74, 6) is -0.0591. The summed E-state index contributed by atoms with van der Waals surface area (Å²) < 4.78 is 22.9. The molecule has 0 saturated heterocycles. The number of sulfone groups is 1. The van der Waals surface area contributed by atoms with Crippen molar-refractivity contribution in [1.29, 1.82) is 0 Å². The van der Waals surface area contributed by atoms with Crippen LogP contribution in [0, 0.1) is 0 Å².